The van der Waals surface area contributed by atoms with Gasteiger partial charge in [0, 0.05) is 42.9 Å². The number of ether oxygens (including phenoxy) is 1. The molecule has 0 aliphatic carbocycles. The number of rotatable bonds is 6. The number of nitrogens with zero attached hydrogens (tertiary/aromatic N) is 1. The van der Waals surface area contributed by atoms with Gasteiger partial charge in [0.15, 0.2) is 6.10 Å². The molecule has 2 heterocycles. The van der Waals surface area contributed by atoms with Crippen molar-refractivity contribution in [3.05, 3.63) is 95.1 Å². The SMILES string of the molecule is O=C(NCc1cccc(C(=O)N2CCCC2)c1)c1cccc(NC(=O)C2Cc3ccccc3O2)c1. The van der Waals surface area contributed by atoms with Crippen molar-refractivity contribution in [3.63, 3.8) is 0 Å². The molecule has 35 heavy (non-hydrogen) atoms. The molecule has 1 atom stereocenters. The van der Waals surface area contributed by atoms with Crippen LogP contribution in [0.2, 0.25) is 0 Å². The number of amides is 3. The summed E-state index contributed by atoms with van der Waals surface area (Å²) in [6.45, 7) is 1.89. The molecule has 2 aliphatic rings. The summed E-state index contributed by atoms with van der Waals surface area (Å²) in [4.78, 5) is 40.0. The summed E-state index contributed by atoms with van der Waals surface area (Å²) in [5.74, 6) is 0.251. The third-order valence-electron chi connectivity index (χ3n) is 6.35. The van der Waals surface area contributed by atoms with Crippen molar-refractivity contribution in [1.29, 1.82) is 0 Å². The Hall–Kier alpha value is -4.13. The molecule has 5 rings (SSSR count). The quantitative estimate of drug-likeness (QED) is 0.575. The van der Waals surface area contributed by atoms with Crippen molar-refractivity contribution in [1.82, 2.24) is 10.2 Å². The van der Waals surface area contributed by atoms with Crippen molar-refractivity contribution in [2.24, 2.45) is 0 Å². The zero-order valence-electron chi connectivity index (χ0n) is 19.3. The van der Waals surface area contributed by atoms with Gasteiger partial charge in [-0.1, -0.05) is 36.4 Å². The average molecular weight is 470 g/mol. The average Bonchev–Trinajstić information content (AvgIpc) is 3.58. The highest BCUT2D eigenvalue weighted by Gasteiger charge is 2.29. The monoisotopic (exact) mass is 469 g/mol. The number of hydrogen-bond donors (Lipinski definition) is 2. The van der Waals surface area contributed by atoms with Gasteiger partial charge in [-0.25, -0.2) is 0 Å². The van der Waals surface area contributed by atoms with E-state index in [0.29, 0.717) is 29.8 Å². The summed E-state index contributed by atoms with van der Waals surface area (Å²) in [5.41, 5.74) is 3.46. The highest BCUT2D eigenvalue weighted by atomic mass is 16.5. The molecule has 178 valence electrons. The molecule has 0 aromatic heterocycles. The fourth-order valence-corrected chi connectivity index (χ4v) is 4.49. The minimum absolute atomic E-state index is 0.0356. The zero-order chi connectivity index (χ0) is 24.2. The van der Waals surface area contributed by atoms with E-state index in [1.54, 1.807) is 24.3 Å². The van der Waals surface area contributed by atoms with Gasteiger partial charge in [-0.05, 0) is 60.4 Å². The number of anilines is 1. The van der Waals surface area contributed by atoms with Crippen LogP contribution in [0.4, 0.5) is 5.69 Å². The molecular weight excluding hydrogens is 442 g/mol. The normalized spacial score (nSPS) is 16.3. The van der Waals surface area contributed by atoms with Crippen LogP contribution in [0.3, 0.4) is 0 Å². The standard InChI is InChI=1S/C28H27N3O4/c32-26(29-18-19-7-5-10-22(15-19)28(34)31-13-3-4-14-31)21-9-6-11-23(16-21)30-27(33)25-17-20-8-1-2-12-24(20)35-25/h1-2,5-12,15-16,25H,3-4,13-14,17-18H2,(H,29,32)(H,30,33). The summed E-state index contributed by atoms with van der Waals surface area (Å²) < 4.78 is 5.75. The second-order valence-electron chi connectivity index (χ2n) is 8.87. The van der Waals surface area contributed by atoms with Crippen LogP contribution in [0.1, 0.15) is 44.7 Å². The first-order valence-electron chi connectivity index (χ1n) is 11.9. The Morgan fingerprint density at radius 2 is 1.66 bits per heavy atom. The van der Waals surface area contributed by atoms with E-state index in [-0.39, 0.29) is 17.7 Å². The molecule has 2 N–H and O–H groups in total. The maximum Gasteiger partial charge on any atom is 0.265 e. The second-order valence-corrected chi connectivity index (χ2v) is 8.87. The maximum absolute atomic E-state index is 12.8. The first-order valence-corrected chi connectivity index (χ1v) is 11.9. The lowest BCUT2D eigenvalue weighted by atomic mass is 10.1. The number of nitrogens with one attached hydrogen (secondary N) is 2. The summed E-state index contributed by atoms with van der Waals surface area (Å²) in [5, 5.41) is 5.75. The summed E-state index contributed by atoms with van der Waals surface area (Å²) in [7, 11) is 0. The topological polar surface area (TPSA) is 87.7 Å². The van der Waals surface area contributed by atoms with Crippen LogP contribution in [0, 0.1) is 0 Å². The Morgan fingerprint density at radius 3 is 2.49 bits per heavy atom. The molecule has 0 radical (unpaired) electrons. The summed E-state index contributed by atoms with van der Waals surface area (Å²) in [6.07, 6.45) is 2.01. The minimum Gasteiger partial charge on any atom is -0.480 e. The molecule has 1 fully saturated rings. The van der Waals surface area contributed by atoms with E-state index in [4.69, 9.17) is 4.74 Å². The van der Waals surface area contributed by atoms with E-state index < -0.39 is 6.10 Å². The van der Waals surface area contributed by atoms with Crippen molar-refractivity contribution in [2.75, 3.05) is 18.4 Å². The van der Waals surface area contributed by atoms with Crippen molar-refractivity contribution >= 4 is 23.4 Å². The molecule has 2 aliphatic heterocycles. The lowest BCUT2D eigenvalue weighted by Crippen LogP contribution is -2.31. The summed E-state index contributed by atoms with van der Waals surface area (Å²) in [6, 6.07) is 21.8. The van der Waals surface area contributed by atoms with Crippen molar-refractivity contribution in [3.8, 4) is 5.75 Å². The molecule has 0 saturated carbocycles. The largest absolute Gasteiger partial charge is 0.480 e. The third kappa shape index (κ3) is 5.19. The molecule has 7 heteroatoms. The maximum atomic E-state index is 12.8. The molecule has 3 aromatic carbocycles. The van der Waals surface area contributed by atoms with Gasteiger partial charge in [0.25, 0.3) is 17.7 Å². The predicted molar refractivity (Wildman–Crippen MR) is 132 cm³/mol. The molecule has 7 nitrogen and oxygen atoms in total. The highest BCUT2D eigenvalue weighted by Crippen LogP contribution is 2.28. The molecule has 1 unspecified atom stereocenters. The number of carbonyl (C=O) groups excluding carboxylic acids is 3. The Balaban J connectivity index is 1.18. The van der Waals surface area contributed by atoms with Crippen molar-refractivity contribution < 1.29 is 19.1 Å². The number of fused-ring (bicyclic) bond motifs is 1. The zero-order valence-corrected chi connectivity index (χ0v) is 19.3. The fourth-order valence-electron chi connectivity index (χ4n) is 4.49. The summed E-state index contributed by atoms with van der Waals surface area (Å²) >= 11 is 0. The van der Waals surface area contributed by atoms with Crippen LogP contribution in [0.25, 0.3) is 0 Å². The fraction of sp³-hybridized carbons (Fsp3) is 0.250. The molecule has 0 bridgehead atoms. The van der Waals surface area contributed by atoms with Gasteiger partial charge in [0.1, 0.15) is 5.75 Å². The van der Waals surface area contributed by atoms with Crippen LogP contribution < -0.4 is 15.4 Å². The van der Waals surface area contributed by atoms with Gasteiger partial charge in [0.2, 0.25) is 0 Å². The molecular formula is C28H27N3O4. The van der Waals surface area contributed by atoms with Gasteiger partial charge in [-0.2, -0.15) is 0 Å². The molecule has 3 amide bonds. The van der Waals surface area contributed by atoms with E-state index in [9.17, 15) is 14.4 Å². The lowest BCUT2D eigenvalue weighted by Gasteiger charge is -2.16. The third-order valence-corrected chi connectivity index (χ3v) is 6.35. The van der Waals surface area contributed by atoms with Crippen LogP contribution in [0.5, 0.6) is 5.75 Å². The first kappa shape index (κ1) is 22.7. The molecule has 1 saturated heterocycles. The first-order chi connectivity index (χ1) is 17.1. The van der Waals surface area contributed by atoms with Crippen LogP contribution in [-0.4, -0.2) is 41.8 Å². The Kier molecular flexibility index (Phi) is 6.48. The number of para-hydroxylation sites is 1. The van der Waals surface area contributed by atoms with Crippen LogP contribution in [0.15, 0.2) is 72.8 Å². The second kappa shape index (κ2) is 10.0. The number of likely N-dealkylation sites (tertiary alicyclic amines) is 1. The lowest BCUT2D eigenvalue weighted by molar-refractivity contribution is -0.122. The van der Waals surface area contributed by atoms with E-state index in [1.165, 1.54) is 0 Å². The number of carbonyl (C=O) groups is 3. The van der Waals surface area contributed by atoms with Gasteiger partial charge in [-0.15, -0.1) is 0 Å². The highest BCUT2D eigenvalue weighted by molar-refractivity contribution is 5.99. The van der Waals surface area contributed by atoms with Crippen molar-refractivity contribution in [2.45, 2.75) is 31.9 Å². The van der Waals surface area contributed by atoms with Gasteiger partial charge in [-0.3, -0.25) is 14.4 Å². The van der Waals surface area contributed by atoms with Crippen LogP contribution >= 0.6 is 0 Å². The van der Waals surface area contributed by atoms with Crippen LogP contribution in [-0.2, 0) is 17.8 Å². The van der Waals surface area contributed by atoms with Gasteiger partial charge < -0.3 is 20.3 Å². The van der Waals surface area contributed by atoms with E-state index >= 15 is 0 Å². The Bertz CT molecular complexity index is 1240. The van der Waals surface area contributed by atoms with Gasteiger partial charge >= 0.3 is 0 Å². The smallest absolute Gasteiger partial charge is 0.265 e. The number of benzene rings is 3. The molecule has 0 spiro atoms. The Labute approximate surface area is 204 Å². The van der Waals surface area contributed by atoms with E-state index in [2.05, 4.69) is 10.6 Å². The van der Waals surface area contributed by atoms with E-state index in [1.807, 2.05) is 53.4 Å². The predicted octanol–water partition coefficient (Wildman–Crippen LogP) is 3.79. The minimum atomic E-state index is -0.597. The number of hydrogen-bond acceptors (Lipinski definition) is 4. The van der Waals surface area contributed by atoms with E-state index in [0.717, 1.165) is 42.8 Å². The molecule has 3 aromatic rings. The Morgan fingerprint density at radius 1 is 0.886 bits per heavy atom. The van der Waals surface area contributed by atoms with Gasteiger partial charge in [0.05, 0.1) is 0 Å².